The number of hydrogen-bond acceptors (Lipinski definition) is 3. The molecule has 0 aliphatic rings. The summed E-state index contributed by atoms with van der Waals surface area (Å²) in [4.78, 5) is 13.0. The molecule has 1 N–H and O–H groups in total. The monoisotopic (exact) mass is 476 g/mol. The number of carbonyl (C=O) groups excluding carboxylic acids is 1. The van der Waals surface area contributed by atoms with E-state index >= 15 is 0 Å². The standard InChI is InChI=1S/C23H22Cl2N2O3S/c1-15-4-8-19(9-5-15)31(29,30)27(22-11-6-16(2)12-17(22)3)14-23(28)26-21-13-18(24)7-10-20(21)25/h4-13H,14H2,1-3H3,(H,26,28). The minimum Gasteiger partial charge on any atom is -0.323 e. The van der Waals surface area contributed by atoms with Gasteiger partial charge in [0.05, 0.1) is 21.3 Å². The number of nitrogens with zero attached hydrogens (tertiary/aromatic N) is 1. The predicted octanol–water partition coefficient (Wildman–Crippen LogP) is 5.75. The highest BCUT2D eigenvalue weighted by Gasteiger charge is 2.28. The number of carbonyl (C=O) groups is 1. The number of sulfonamides is 1. The van der Waals surface area contributed by atoms with Crippen molar-refractivity contribution in [2.45, 2.75) is 25.7 Å². The van der Waals surface area contributed by atoms with Crippen LogP contribution in [0.5, 0.6) is 0 Å². The Morgan fingerprint density at radius 1 is 0.903 bits per heavy atom. The molecule has 8 heteroatoms. The smallest absolute Gasteiger partial charge is 0.264 e. The van der Waals surface area contributed by atoms with Crippen LogP contribution in [0.4, 0.5) is 11.4 Å². The summed E-state index contributed by atoms with van der Waals surface area (Å²) in [6.45, 7) is 5.18. The number of amides is 1. The molecule has 0 spiro atoms. The van der Waals surface area contributed by atoms with Crippen LogP contribution in [0.1, 0.15) is 16.7 Å². The lowest BCUT2D eigenvalue weighted by Gasteiger charge is -2.26. The van der Waals surface area contributed by atoms with Crippen LogP contribution >= 0.6 is 23.2 Å². The van der Waals surface area contributed by atoms with E-state index in [1.165, 1.54) is 18.2 Å². The summed E-state index contributed by atoms with van der Waals surface area (Å²) in [5, 5.41) is 3.36. The normalized spacial score (nSPS) is 11.3. The number of halogens is 2. The summed E-state index contributed by atoms with van der Waals surface area (Å²) in [6, 6.07) is 16.6. The molecule has 0 aliphatic carbocycles. The summed E-state index contributed by atoms with van der Waals surface area (Å²) in [6.07, 6.45) is 0. The third kappa shape index (κ3) is 5.39. The highest BCUT2D eigenvalue weighted by molar-refractivity contribution is 7.92. The van der Waals surface area contributed by atoms with E-state index < -0.39 is 22.5 Å². The molecule has 5 nitrogen and oxygen atoms in total. The molecule has 0 saturated carbocycles. The third-order valence-corrected chi connectivity index (χ3v) is 7.06. The van der Waals surface area contributed by atoms with E-state index in [1.54, 1.807) is 30.3 Å². The second-order valence-electron chi connectivity index (χ2n) is 7.29. The molecular weight excluding hydrogens is 455 g/mol. The zero-order chi connectivity index (χ0) is 22.8. The second kappa shape index (κ2) is 9.30. The van der Waals surface area contributed by atoms with Crippen LogP contribution in [0.3, 0.4) is 0 Å². The van der Waals surface area contributed by atoms with Gasteiger partial charge in [0.15, 0.2) is 0 Å². The Balaban J connectivity index is 2.00. The topological polar surface area (TPSA) is 66.5 Å². The Hall–Kier alpha value is -2.54. The Labute approximate surface area is 192 Å². The summed E-state index contributed by atoms with van der Waals surface area (Å²) in [5.41, 5.74) is 3.41. The molecule has 0 radical (unpaired) electrons. The predicted molar refractivity (Wildman–Crippen MR) is 127 cm³/mol. The third-order valence-electron chi connectivity index (χ3n) is 4.72. The fourth-order valence-electron chi connectivity index (χ4n) is 3.14. The molecule has 3 rings (SSSR count). The molecule has 0 unspecified atom stereocenters. The van der Waals surface area contributed by atoms with E-state index in [0.29, 0.717) is 21.4 Å². The fraction of sp³-hybridized carbons (Fsp3) is 0.174. The molecular formula is C23H22Cl2N2O3S. The Morgan fingerprint density at radius 2 is 1.55 bits per heavy atom. The van der Waals surface area contributed by atoms with Crippen molar-refractivity contribution in [3.05, 3.63) is 87.4 Å². The maximum Gasteiger partial charge on any atom is 0.264 e. The van der Waals surface area contributed by atoms with E-state index in [1.807, 2.05) is 32.9 Å². The van der Waals surface area contributed by atoms with E-state index in [2.05, 4.69) is 5.32 Å². The molecule has 31 heavy (non-hydrogen) atoms. The zero-order valence-electron chi connectivity index (χ0n) is 17.3. The molecule has 3 aromatic carbocycles. The van der Waals surface area contributed by atoms with Gasteiger partial charge in [0.25, 0.3) is 10.0 Å². The Morgan fingerprint density at radius 3 is 2.19 bits per heavy atom. The molecule has 162 valence electrons. The van der Waals surface area contributed by atoms with Crippen molar-refractivity contribution in [2.75, 3.05) is 16.2 Å². The molecule has 0 fully saturated rings. The van der Waals surface area contributed by atoms with E-state index in [-0.39, 0.29) is 4.90 Å². The molecule has 0 heterocycles. The molecule has 0 aliphatic heterocycles. The summed E-state index contributed by atoms with van der Waals surface area (Å²) in [5.74, 6) is -0.542. The van der Waals surface area contributed by atoms with Crippen LogP contribution in [0.2, 0.25) is 10.0 Å². The zero-order valence-corrected chi connectivity index (χ0v) is 19.6. The van der Waals surface area contributed by atoms with Crippen LogP contribution in [0.15, 0.2) is 65.6 Å². The average molecular weight is 477 g/mol. The number of anilines is 2. The van der Waals surface area contributed by atoms with Crippen LogP contribution in [0, 0.1) is 20.8 Å². The minimum absolute atomic E-state index is 0.103. The van der Waals surface area contributed by atoms with E-state index in [9.17, 15) is 13.2 Å². The van der Waals surface area contributed by atoms with Gasteiger partial charge in [-0.05, 0) is 62.7 Å². The first-order chi connectivity index (χ1) is 14.6. The van der Waals surface area contributed by atoms with Gasteiger partial charge in [-0.1, -0.05) is 58.6 Å². The number of hydrogen-bond donors (Lipinski definition) is 1. The van der Waals surface area contributed by atoms with Crippen LogP contribution in [-0.4, -0.2) is 20.9 Å². The first kappa shape index (κ1) is 23.1. The fourth-order valence-corrected chi connectivity index (χ4v) is 4.96. The van der Waals surface area contributed by atoms with Crippen LogP contribution in [0.25, 0.3) is 0 Å². The van der Waals surface area contributed by atoms with Crippen LogP contribution in [-0.2, 0) is 14.8 Å². The lowest BCUT2D eigenvalue weighted by atomic mass is 10.1. The van der Waals surface area contributed by atoms with Crippen molar-refractivity contribution in [3.63, 3.8) is 0 Å². The molecule has 0 bridgehead atoms. The van der Waals surface area contributed by atoms with Crippen molar-refractivity contribution in [2.24, 2.45) is 0 Å². The van der Waals surface area contributed by atoms with Gasteiger partial charge in [-0.2, -0.15) is 0 Å². The van der Waals surface area contributed by atoms with Crippen molar-refractivity contribution in [1.29, 1.82) is 0 Å². The Kier molecular flexibility index (Phi) is 6.94. The molecule has 1 amide bonds. The average Bonchev–Trinajstić information content (AvgIpc) is 2.70. The van der Waals surface area contributed by atoms with Crippen LogP contribution < -0.4 is 9.62 Å². The van der Waals surface area contributed by atoms with Gasteiger partial charge >= 0.3 is 0 Å². The maximum absolute atomic E-state index is 13.5. The van der Waals surface area contributed by atoms with Gasteiger partial charge in [-0.25, -0.2) is 8.42 Å². The van der Waals surface area contributed by atoms with Crippen molar-refractivity contribution < 1.29 is 13.2 Å². The Bertz CT molecular complexity index is 1230. The lowest BCUT2D eigenvalue weighted by Crippen LogP contribution is -2.38. The van der Waals surface area contributed by atoms with Crippen molar-refractivity contribution >= 4 is 50.5 Å². The number of benzene rings is 3. The number of aryl methyl sites for hydroxylation is 3. The van der Waals surface area contributed by atoms with Gasteiger partial charge in [-0.3, -0.25) is 9.10 Å². The molecule has 0 saturated heterocycles. The molecule has 0 atom stereocenters. The highest BCUT2D eigenvalue weighted by Crippen LogP contribution is 2.29. The first-order valence-electron chi connectivity index (χ1n) is 9.49. The van der Waals surface area contributed by atoms with Crippen molar-refractivity contribution in [3.8, 4) is 0 Å². The number of rotatable bonds is 6. The van der Waals surface area contributed by atoms with Gasteiger partial charge in [0, 0.05) is 5.02 Å². The van der Waals surface area contributed by atoms with Gasteiger partial charge in [-0.15, -0.1) is 0 Å². The van der Waals surface area contributed by atoms with Gasteiger partial charge < -0.3 is 5.32 Å². The van der Waals surface area contributed by atoms with Gasteiger partial charge in [0.1, 0.15) is 6.54 Å². The SMILES string of the molecule is Cc1ccc(S(=O)(=O)N(CC(=O)Nc2cc(Cl)ccc2Cl)c2ccc(C)cc2C)cc1. The van der Waals surface area contributed by atoms with E-state index in [0.717, 1.165) is 21.0 Å². The highest BCUT2D eigenvalue weighted by atomic mass is 35.5. The maximum atomic E-state index is 13.5. The first-order valence-corrected chi connectivity index (χ1v) is 11.7. The summed E-state index contributed by atoms with van der Waals surface area (Å²) < 4.78 is 28.1. The largest absolute Gasteiger partial charge is 0.323 e. The lowest BCUT2D eigenvalue weighted by molar-refractivity contribution is -0.114. The minimum atomic E-state index is -4.00. The molecule has 0 aromatic heterocycles. The van der Waals surface area contributed by atoms with Gasteiger partial charge in [0.2, 0.25) is 5.91 Å². The summed E-state index contributed by atoms with van der Waals surface area (Å²) in [7, 11) is -4.00. The second-order valence-corrected chi connectivity index (χ2v) is 9.99. The quantitative estimate of drug-likeness (QED) is 0.492. The summed E-state index contributed by atoms with van der Waals surface area (Å²) >= 11 is 12.1. The number of nitrogens with one attached hydrogen (secondary N) is 1. The van der Waals surface area contributed by atoms with E-state index in [4.69, 9.17) is 23.2 Å². The molecule has 3 aromatic rings. The van der Waals surface area contributed by atoms with Crippen molar-refractivity contribution in [1.82, 2.24) is 0 Å².